The van der Waals surface area contributed by atoms with Gasteiger partial charge in [-0.15, -0.1) is 75.1 Å². The van der Waals surface area contributed by atoms with Gasteiger partial charge in [0.15, 0.2) is 0 Å². The second kappa shape index (κ2) is 16.8. The molecular formula is C41H33Cl2NSiZr-2. The van der Waals surface area contributed by atoms with E-state index in [2.05, 4.69) is 170 Å². The Morgan fingerprint density at radius 3 is 1.74 bits per heavy atom. The van der Waals surface area contributed by atoms with Crippen molar-refractivity contribution in [2.45, 2.75) is 13.8 Å². The number of hydrogen-bond donors (Lipinski definition) is 0. The van der Waals surface area contributed by atoms with Crippen molar-refractivity contribution in [2.75, 3.05) is 0 Å². The van der Waals surface area contributed by atoms with Gasteiger partial charge in [0.25, 0.3) is 0 Å². The summed E-state index contributed by atoms with van der Waals surface area (Å²) in [6.07, 6.45) is 1.86. The first-order valence-corrected chi connectivity index (χ1v) is 20.1. The number of rotatable bonds is 3. The van der Waals surface area contributed by atoms with Gasteiger partial charge in [0, 0.05) is 11.6 Å². The molecule has 0 bridgehead atoms. The van der Waals surface area contributed by atoms with Crippen molar-refractivity contribution < 1.29 is 48.1 Å². The molecule has 226 valence electrons. The van der Waals surface area contributed by atoms with Gasteiger partial charge in [0.1, 0.15) is 0 Å². The SMILES string of the molecule is Cc1cc2c(-c3cccc4cccnc34)cccc2[cH-]1.Cc1cc2ccccc2[cH-]1.[Cl-].[Cl-].[Zr+2]=[Si](c1ccccc1)c1ccccc1. The Hall–Kier alpha value is -3.59. The zero-order chi connectivity index (χ0) is 30.3. The number of aromatic nitrogens is 1. The molecule has 8 rings (SSSR count). The first-order chi connectivity index (χ1) is 21.6. The number of aryl methyl sites for hydroxylation is 2. The normalized spacial score (nSPS) is 10.2. The fourth-order valence-corrected chi connectivity index (χ4v) is 9.47. The Morgan fingerprint density at radius 1 is 0.522 bits per heavy atom. The summed E-state index contributed by atoms with van der Waals surface area (Å²) in [5.74, 6) is 0. The fraction of sp³-hybridized carbons (Fsp3) is 0.0488. The molecule has 0 saturated carbocycles. The Bertz CT molecular complexity index is 2090. The molecule has 0 N–H and O–H groups in total. The van der Waals surface area contributed by atoms with Crippen LogP contribution in [0.3, 0.4) is 0 Å². The van der Waals surface area contributed by atoms with Crippen molar-refractivity contribution >= 4 is 48.3 Å². The third-order valence-electron chi connectivity index (χ3n) is 7.71. The summed E-state index contributed by atoms with van der Waals surface area (Å²) in [4.78, 5) is 4.57. The van der Waals surface area contributed by atoms with E-state index in [1.165, 1.54) is 59.6 Å². The Labute approximate surface area is 299 Å². The quantitative estimate of drug-likeness (QED) is 0.201. The maximum absolute atomic E-state index is 4.57. The molecule has 0 aliphatic rings. The summed E-state index contributed by atoms with van der Waals surface area (Å²) in [6, 6.07) is 56.0. The third kappa shape index (κ3) is 8.41. The molecule has 0 unspecified atom stereocenters. The fourth-order valence-electron chi connectivity index (χ4n) is 5.62. The van der Waals surface area contributed by atoms with Crippen LogP contribution in [0.5, 0.6) is 0 Å². The second-order valence-corrected chi connectivity index (χ2v) is 16.6. The minimum absolute atomic E-state index is 0. The van der Waals surface area contributed by atoms with E-state index in [1.54, 1.807) is 23.3 Å². The maximum atomic E-state index is 4.57. The molecule has 46 heavy (non-hydrogen) atoms. The third-order valence-corrected chi connectivity index (χ3v) is 13.8. The number of hydrogen-bond acceptors (Lipinski definition) is 1. The topological polar surface area (TPSA) is 12.9 Å². The zero-order valence-electron chi connectivity index (χ0n) is 25.8. The molecule has 1 heterocycles. The van der Waals surface area contributed by atoms with Crippen LogP contribution in [0.15, 0.2) is 164 Å². The zero-order valence-corrected chi connectivity index (χ0v) is 30.8. The van der Waals surface area contributed by atoms with Gasteiger partial charge in [-0.3, -0.25) is 4.98 Å². The number of benzene rings is 5. The number of nitrogens with zero attached hydrogens (tertiary/aromatic N) is 1. The first-order valence-electron chi connectivity index (χ1n) is 14.9. The van der Waals surface area contributed by atoms with Gasteiger partial charge in [-0.2, -0.15) is 12.1 Å². The molecule has 0 saturated heterocycles. The average molecular weight is 730 g/mol. The van der Waals surface area contributed by atoms with Crippen molar-refractivity contribution in [3.63, 3.8) is 0 Å². The molecule has 8 aromatic rings. The Kier molecular flexibility index (Phi) is 12.9. The molecule has 0 amide bonds. The molecule has 0 radical (unpaired) electrons. The summed E-state index contributed by atoms with van der Waals surface area (Å²) in [5.41, 5.74) is 5.74. The predicted molar refractivity (Wildman–Crippen MR) is 187 cm³/mol. The molecule has 1 aromatic heterocycles. The summed E-state index contributed by atoms with van der Waals surface area (Å²) >= 11 is 1.64. The predicted octanol–water partition coefficient (Wildman–Crippen LogP) is 3.30. The van der Waals surface area contributed by atoms with E-state index in [1.807, 2.05) is 12.3 Å². The second-order valence-electron chi connectivity index (χ2n) is 11.0. The van der Waals surface area contributed by atoms with Gasteiger partial charge in [0.2, 0.25) is 0 Å². The van der Waals surface area contributed by atoms with Crippen LogP contribution in [0, 0.1) is 13.8 Å². The minimum atomic E-state index is -0.455. The van der Waals surface area contributed by atoms with Crippen LogP contribution < -0.4 is 35.2 Å². The molecule has 0 aliphatic heterocycles. The van der Waals surface area contributed by atoms with E-state index in [0.29, 0.717) is 0 Å². The number of fused-ring (bicyclic) bond motifs is 3. The number of halogens is 2. The first kappa shape index (κ1) is 35.3. The van der Waals surface area contributed by atoms with Gasteiger partial charge in [-0.05, 0) is 11.6 Å². The van der Waals surface area contributed by atoms with Crippen LogP contribution in [0.25, 0.3) is 43.6 Å². The van der Waals surface area contributed by atoms with E-state index < -0.39 is 5.43 Å². The van der Waals surface area contributed by atoms with Crippen LogP contribution in [0.2, 0.25) is 0 Å². The van der Waals surface area contributed by atoms with E-state index in [-0.39, 0.29) is 24.8 Å². The molecule has 7 aromatic carbocycles. The van der Waals surface area contributed by atoms with Crippen molar-refractivity contribution in [1.82, 2.24) is 4.98 Å². The summed E-state index contributed by atoms with van der Waals surface area (Å²) in [6.45, 7) is 4.27. The number of para-hydroxylation sites is 1. The molecule has 0 spiro atoms. The van der Waals surface area contributed by atoms with E-state index in [0.717, 1.165) is 5.52 Å². The van der Waals surface area contributed by atoms with Gasteiger partial charge >= 0.3 is 99.8 Å². The van der Waals surface area contributed by atoms with Crippen LogP contribution in [0.1, 0.15) is 11.1 Å². The molecule has 0 atom stereocenters. The van der Waals surface area contributed by atoms with Gasteiger partial charge in [-0.25, -0.2) is 0 Å². The van der Waals surface area contributed by atoms with Crippen LogP contribution in [-0.2, 0) is 23.3 Å². The molecule has 0 aliphatic carbocycles. The molecule has 5 heteroatoms. The Balaban J connectivity index is 0.000000163. The van der Waals surface area contributed by atoms with E-state index in [9.17, 15) is 0 Å². The van der Waals surface area contributed by atoms with Crippen molar-refractivity contribution in [1.29, 1.82) is 0 Å². The van der Waals surface area contributed by atoms with Gasteiger partial charge in [0.05, 0.1) is 5.52 Å². The van der Waals surface area contributed by atoms with Crippen molar-refractivity contribution in [3.05, 3.63) is 175 Å². The standard InChI is InChI=1S/C19H14N.C12H10Si.C10H9.2ClH.Zr/c1-13-11-15-6-3-8-16(18(15)12-13)17-9-2-5-14-7-4-10-20-19(14)17;1-3-7-11(8-4-1)13-12-9-5-2-6-10-12;1-8-6-9-4-2-3-5-10(9)7-8;;;/h2-12H,1H3;1-10H;2-7H,1H3;2*1H;/q-1;;-1;;;+2/p-2. The molecular weight excluding hydrogens is 697 g/mol. The monoisotopic (exact) mass is 727 g/mol. The van der Waals surface area contributed by atoms with Crippen molar-refractivity contribution in [3.8, 4) is 11.1 Å². The average Bonchev–Trinajstić information content (AvgIpc) is 3.66. The molecule has 1 nitrogen and oxygen atoms in total. The van der Waals surface area contributed by atoms with Crippen LogP contribution in [-0.4, -0.2) is 10.4 Å². The van der Waals surface area contributed by atoms with Crippen LogP contribution >= 0.6 is 0 Å². The van der Waals surface area contributed by atoms with Gasteiger partial charge < -0.3 is 24.8 Å². The van der Waals surface area contributed by atoms with Gasteiger partial charge in [-0.1, -0.05) is 55.8 Å². The Morgan fingerprint density at radius 2 is 1.04 bits per heavy atom. The number of pyridine rings is 1. The summed E-state index contributed by atoms with van der Waals surface area (Å²) < 4.78 is 0. The van der Waals surface area contributed by atoms with E-state index in [4.69, 9.17) is 0 Å². The molecule has 0 fully saturated rings. The summed E-state index contributed by atoms with van der Waals surface area (Å²) in [5, 5.41) is 9.52. The summed E-state index contributed by atoms with van der Waals surface area (Å²) in [7, 11) is 0. The van der Waals surface area contributed by atoms with Crippen LogP contribution in [0.4, 0.5) is 0 Å². The van der Waals surface area contributed by atoms with E-state index >= 15 is 0 Å². The van der Waals surface area contributed by atoms with Crippen molar-refractivity contribution in [2.24, 2.45) is 0 Å².